The van der Waals surface area contributed by atoms with E-state index in [-0.39, 0.29) is 16.8 Å². The van der Waals surface area contributed by atoms with Crippen LogP contribution in [0, 0.1) is 0 Å². The Morgan fingerprint density at radius 3 is 2.07 bits per heavy atom. The van der Waals surface area contributed by atoms with Gasteiger partial charge in [-0.25, -0.2) is 8.42 Å². The second-order valence-electron chi connectivity index (χ2n) is 6.62. The summed E-state index contributed by atoms with van der Waals surface area (Å²) < 4.78 is 23.7. The van der Waals surface area contributed by atoms with Crippen LogP contribution in [0.5, 0.6) is 0 Å². The van der Waals surface area contributed by atoms with E-state index in [4.69, 9.17) is 0 Å². The van der Waals surface area contributed by atoms with Crippen LogP contribution in [0.2, 0.25) is 0 Å². The summed E-state index contributed by atoms with van der Waals surface area (Å²) in [6, 6.07) is 23.2. The third-order valence-electron chi connectivity index (χ3n) is 4.45. The summed E-state index contributed by atoms with van der Waals surface area (Å²) in [5.74, 6) is -0.336. The van der Waals surface area contributed by atoms with Crippen LogP contribution in [0.25, 0.3) is 0 Å². The maximum absolute atomic E-state index is 12.4. The highest BCUT2D eigenvalue weighted by molar-refractivity contribution is 7.89. The van der Waals surface area contributed by atoms with Gasteiger partial charge in [0, 0.05) is 23.0 Å². The van der Waals surface area contributed by atoms with Gasteiger partial charge in [-0.05, 0) is 61.0 Å². The number of carbonyl (C=O) groups excluding carboxylic acids is 1. The molecular formula is C22H23N3O4S. The van der Waals surface area contributed by atoms with Crippen molar-refractivity contribution in [2.24, 2.45) is 0 Å². The van der Waals surface area contributed by atoms with E-state index in [9.17, 15) is 13.2 Å². The molecule has 7 nitrogen and oxygen atoms in total. The highest BCUT2D eigenvalue weighted by Gasteiger charge is 2.14. The SMILES string of the molecule is CONS(=O)(=O)c1ccc(C(=O)Nc2ccc(NC(C)c3ccccc3)cc2)cc1. The summed E-state index contributed by atoms with van der Waals surface area (Å²) in [4.78, 5) is 18.8. The van der Waals surface area contributed by atoms with Gasteiger partial charge in [0.05, 0.1) is 12.0 Å². The van der Waals surface area contributed by atoms with E-state index >= 15 is 0 Å². The minimum Gasteiger partial charge on any atom is -0.379 e. The van der Waals surface area contributed by atoms with Crippen molar-refractivity contribution in [2.45, 2.75) is 17.9 Å². The number of sulfonamides is 1. The molecule has 1 unspecified atom stereocenters. The first-order chi connectivity index (χ1) is 14.4. The fourth-order valence-electron chi connectivity index (χ4n) is 2.87. The molecule has 0 aromatic heterocycles. The lowest BCUT2D eigenvalue weighted by Crippen LogP contribution is -2.22. The molecule has 0 aliphatic rings. The van der Waals surface area contributed by atoms with Crippen LogP contribution < -0.4 is 15.5 Å². The third-order valence-corrected chi connectivity index (χ3v) is 5.72. The molecule has 0 aliphatic carbocycles. The average molecular weight is 426 g/mol. The van der Waals surface area contributed by atoms with Gasteiger partial charge in [0.1, 0.15) is 0 Å². The van der Waals surface area contributed by atoms with E-state index in [0.717, 1.165) is 5.69 Å². The van der Waals surface area contributed by atoms with Crippen molar-refractivity contribution in [1.29, 1.82) is 0 Å². The van der Waals surface area contributed by atoms with Gasteiger partial charge < -0.3 is 10.6 Å². The van der Waals surface area contributed by atoms with Gasteiger partial charge in [-0.2, -0.15) is 0 Å². The third kappa shape index (κ3) is 5.44. The first kappa shape index (κ1) is 21.5. The van der Waals surface area contributed by atoms with Crippen LogP contribution in [0.1, 0.15) is 28.9 Å². The zero-order chi connectivity index (χ0) is 21.6. The van der Waals surface area contributed by atoms with Crippen LogP contribution in [0.4, 0.5) is 11.4 Å². The van der Waals surface area contributed by atoms with E-state index in [2.05, 4.69) is 34.5 Å². The second kappa shape index (κ2) is 9.53. The first-order valence-electron chi connectivity index (χ1n) is 9.27. The predicted molar refractivity (Wildman–Crippen MR) is 117 cm³/mol. The lowest BCUT2D eigenvalue weighted by Gasteiger charge is -2.16. The summed E-state index contributed by atoms with van der Waals surface area (Å²) in [5.41, 5.74) is 3.09. The fraction of sp³-hybridized carbons (Fsp3) is 0.136. The van der Waals surface area contributed by atoms with Gasteiger partial charge in [0.15, 0.2) is 0 Å². The lowest BCUT2D eigenvalue weighted by molar-refractivity contribution is 0.102. The van der Waals surface area contributed by atoms with Crippen molar-refractivity contribution in [2.75, 3.05) is 17.7 Å². The maximum atomic E-state index is 12.4. The fourth-order valence-corrected chi connectivity index (χ4v) is 3.68. The molecule has 156 valence electrons. The van der Waals surface area contributed by atoms with Gasteiger partial charge in [0.2, 0.25) is 0 Å². The summed E-state index contributed by atoms with van der Waals surface area (Å²) in [7, 11) is -2.55. The Morgan fingerprint density at radius 1 is 0.867 bits per heavy atom. The number of anilines is 2. The zero-order valence-corrected chi connectivity index (χ0v) is 17.4. The molecule has 0 radical (unpaired) electrons. The Hall–Kier alpha value is -3.20. The maximum Gasteiger partial charge on any atom is 0.262 e. The van der Waals surface area contributed by atoms with Gasteiger partial charge in [-0.15, -0.1) is 0 Å². The number of carbonyl (C=O) groups is 1. The molecule has 30 heavy (non-hydrogen) atoms. The molecule has 3 aromatic rings. The van der Waals surface area contributed by atoms with Crippen LogP contribution in [0.15, 0.2) is 83.8 Å². The molecule has 3 N–H and O–H groups in total. The number of nitrogens with one attached hydrogen (secondary N) is 3. The molecule has 0 saturated heterocycles. The smallest absolute Gasteiger partial charge is 0.262 e. The van der Waals surface area contributed by atoms with E-state index in [0.29, 0.717) is 11.3 Å². The minimum absolute atomic E-state index is 0.00358. The van der Waals surface area contributed by atoms with Gasteiger partial charge >= 0.3 is 0 Å². The number of benzene rings is 3. The standard InChI is InChI=1S/C22H23N3O4S/c1-16(17-6-4-3-5-7-17)23-19-10-12-20(13-11-19)24-22(26)18-8-14-21(15-9-18)30(27,28)25-29-2/h3-16,23,25H,1-2H3,(H,24,26). The Kier molecular flexibility index (Phi) is 6.83. The molecule has 8 heteroatoms. The highest BCUT2D eigenvalue weighted by atomic mass is 32.2. The van der Waals surface area contributed by atoms with Gasteiger partial charge in [-0.1, -0.05) is 35.2 Å². The molecule has 3 aromatic carbocycles. The minimum atomic E-state index is -3.76. The normalized spacial score (nSPS) is 12.2. The lowest BCUT2D eigenvalue weighted by atomic mass is 10.1. The van der Waals surface area contributed by atoms with E-state index < -0.39 is 10.0 Å². The number of amides is 1. The molecule has 0 saturated carbocycles. The Bertz CT molecular complexity index is 1080. The molecule has 0 spiro atoms. The van der Waals surface area contributed by atoms with E-state index in [1.54, 1.807) is 12.1 Å². The summed E-state index contributed by atoms with van der Waals surface area (Å²) >= 11 is 0. The Balaban J connectivity index is 1.62. The van der Waals surface area contributed by atoms with Crippen molar-refractivity contribution in [3.05, 3.63) is 90.0 Å². The van der Waals surface area contributed by atoms with Crippen LogP contribution >= 0.6 is 0 Å². The molecule has 0 bridgehead atoms. The topological polar surface area (TPSA) is 96.5 Å². The summed E-state index contributed by atoms with van der Waals surface area (Å²) in [6.07, 6.45) is 0. The Labute approximate surface area is 176 Å². The van der Waals surface area contributed by atoms with E-state index in [1.165, 1.54) is 36.9 Å². The number of hydrogen-bond acceptors (Lipinski definition) is 5. The van der Waals surface area contributed by atoms with Crippen LogP contribution in [-0.2, 0) is 14.9 Å². The van der Waals surface area contributed by atoms with Gasteiger partial charge in [-0.3, -0.25) is 9.63 Å². The molecule has 1 amide bonds. The predicted octanol–water partition coefficient (Wildman–Crippen LogP) is 3.95. The quantitative estimate of drug-likeness (QED) is 0.475. The molecule has 0 aliphatic heterocycles. The van der Waals surface area contributed by atoms with E-state index in [1.807, 2.05) is 35.2 Å². The van der Waals surface area contributed by atoms with Crippen molar-refractivity contribution in [1.82, 2.24) is 4.89 Å². The Morgan fingerprint density at radius 2 is 1.47 bits per heavy atom. The molecular weight excluding hydrogens is 402 g/mol. The van der Waals surface area contributed by atoms with Crippen LogP contribution in [-0.4, -0.2) is 21.4 Å². The van der Waals surface area contributed by atoms with Crippen molar-refractivity contribution >= 4 is 27.3 Å². The summed E-state index contributed by atoms with van der Waals surface area (Å²) in [6.45, 7) is 2.08. The monoisotopic (exact) mass is 425 g/mol. The average Bonchev–Trinajstić information content (AvgIpc) is 2.76. The summed E-state index contributed by atoms with van der Waals surface area (Å²) in [5, 5.41) is 6.21. The zero-order valence-electron chi connectivity index (χ0n) is 16.6. The van der Waals surface area contributed by atoms with Gasteiger partial charge in [0.25, 0.3) is 15.9 Å². The molecule has 0 fully saturated rings. The molecule has 3 rings (SSSR count). The largest absolute Gasteiger partial charge is 0.379 e. The number of rotatable bonds is 8. The number of hydrogen-bond donors (Lipinski definition) is 3. The van der Waals surface area contributed by atoms with Crippen LogP contribution in [0.3, 0.4) is 0 Å². The van der Waals surface area contributed by atoms with Crippen molar-refractivity contribution < 1.29 is 18.0 Å². The van der Waals surface area contributed by atoms with Crippen molar-refractivity contribution in [3.63, 3.8) is 0 Å². The van der Waals surface area contributed by atoms with Crippen molar-refractivity contribution in [3.8, 4) is 0 Å². The second-order valence-corrected chi connectivity index (χ2v) is 8.27. The molecule has 1 atom stereocenters. The molecule has 0 heterocycles. The highest BCUT2D eigenvalue weighted by Crippen LogP contribution is 2.21. The first-order valence-corrected chi connectivity index (χ1v) is 10.7.